The minimum absolute atomic E-state index is 0.0399. The Balaban J connectivity index is 1.74. The second-order valence-electron chi connectivity index (χ2n) is 4.98. The third-order valence-corrected chi connectivity index (χ3v) is 3.00. The van der Waals surface area contributed by atoms with E-state index >= 15 is 0 Å². The molecule has 1 heterocycles. The number of amides is 1. The monoisotopic (exact) mass is 272 g/mol. The summed E-state index contributed by atoms with van der Waals surface area (Å²) in [5.41, 5.74) is 1.96. The molecule has 0 aliphatic heterocycles. The van der Waals surface area contributed by atoms with Crippen molar-refractivity contribution in [2.75, 3.05) is 11.9 Å². The Morgan fingerprint density at radius 3 is 2.85 bits per heavy atom. The molecule has 0 saturated heterocycles. The van der Waals surface area contributed by atoms with Crippen molar-refractivity contribution in [1.29, 1.82) is 0 Å². The minimum Gasteiger partial charge on any atom is -0.469 e. The smallest absolute Gasteiger partial charge is 0.238 e. The Labute approximate surface area is 119 Å². The first kappa shape index (κ1) is 14.3. The fourth-order valence-corrected chi connectivity index (χ4v) is 2.00. The lowest BCUT2D eigenvalue weighted by Gasteiger charge is -2.12. The molecule has 4 heteroatoms. The molecule has 0 fully saturated rings. The largest absolute Gasteiger partial charge is 0.469 e. The molecule has 1 atom stereocenters. The number of furan rings is 1. The molecule has 0 saturated carbocycles. The summed E-state index contributed by atoms with van der Waals surface area (Å²) in [7, 11) is 0. The number of rotatable bonds is 6. The summed E-state index contributed by atoms with van der Waals surface area (Å²) in [5.74, 6) is 0.881. The van der Waals surface area contributed by atoms with Gasteiger partial charge in [0.2, 0.25) is 5.91 Å². The van der Waals surface area contributed by atoms with Crippen molar-refractivity contribution in [3.8, 4) is 0 Å². The van der Waals surface area contributed by atoms with E-state index in [9.17, 15) is 4.79 Å². The van der Waals surface area contributed by atoms with Crippen LogP contribution < -0.4 is 10.6 Å². The molecule has 0 spiro atoms. The van der Waals surface area contributed by atoms with E-state index in [0.717, 1.165) is 23.4 Å². The first-order valence-corrected chi connectivity index (χ1v) is 6.76. The molecule has 0 radical (unpaired) electrons. The Hall–Kier alpha value is -2.07. The van der Waals surface area contributed by atoms with Crippen molar-refractivity contribution < 1.29 is 9.21 Å². The maximum atomic E-state index is 11.8. The Morgan fingerprint density at radius 2 is 2.15 bits per heavy atom. The van der Waals surface area contributed by atoms with Crippen LogP contribution in [0.25, 0.3) is 0 Å². The predicted octanol–water partition coefficient (Wildman–Crippen LogP) is 2.75. The first-order chi connectivity index (χ1) is 9.63. The molecule has 2 aromatic rings. The summed E-state index contributed by atoms with van der Waals surface area (Å²) in [5, 5.41) is 6.06. The number of carbonyl (C=O) groups excluding carboxylic acids is 1. The molecule has 0 bridgehead atoms. The SMILES string of the molecule is Cc1cccc(NC(=O)CNC(C)Cc2ccco2)c1. The molecule has 0 aliphatic carbocycles. The van der Waals surface area contributed by atoms with Crippen molar-refractivity contribution in [2.24, 2.45) is 0 Å². The Bertz CT molecular complexity index is 549. The van der Waals surface area contributed by atoms with Gasteiger partial charge in [0.05, 0.1) is 12.8 Å². The molecule has 1 unspecified atom stereocenters. The maximum Gasteiger partial charge on any atom is 0.238 e. The van der Waals surface area contributed by atoms with Gasteiger partial charge in [-0.05, 0) is 43.7 Å². The van der Waals surface area contributed by atoms with Crippen LogP contribution in [0.15, 0.2) is 47.1 Å². The van der Waals surface area contributed by atoms with E-state index in [4.69, 9.17) is 4.42 Å². The number of benzene rings is 1. The zero-order chi connectivity index (χ0) is 14.4. The van der Waals surface area contributed by atoms with Crippen molar-refractivity contribution in [3.63, 3.8) is 0 Å². The van der Waals surface area contributed by atoms with E-state index < -0.39 is 0 Å². The van der Waals surface area contributed by atoms with Crippen LogP contribution in [0.2, 0.25) is 0 Å². The van der Waals surface area contributed by atoms with E-state index in [1.807, 2.05) is 50.2 Å². The normalized spacial score (nSPS) is 12.1. The first-order valence-electron chi connectivity index (χ1n) is 6.76. The highest BCUT2D eigenvalue weighted by Crippen LogP contribution is 2.09. The van der Waals surface area contributed by atoms with Gasteiger partial charge in [0.1, 0.15) is 5.76 Å². The number of hydrogen-bond donors (Lipinski definition) is 2. The predicted molar refractivity (Wildman–Crippen MR) is 79.7 cm³/mol. The Kier molecular flexibility index (Phi) is 4.96. The Morgan fingerprint density at radius 1 is 1.30 bits per heavy atom. The fraction of sp³-hybridized carbons (Fsp3) is 0.312. The standard InChI is InChI=1S/C16H20N2O2/c1-12-5-3-6-14(9-12)18-16(19)11-17-13(2)10-15-7-4-8-20-15/h3-9,13,17H,10-11H2,1-2H3,(H,18,19). The van der Waals surface area contributed by atoms with Gasteiger partial charge in [-0.2, -0.15) is 0 Å². The van der Waals surface area contributed by atoms with Gasteiger partial charge in [-0.15, -0.1) is 0 Å². The third-order valence-electron chi connectivity index (χ3n) is 3.00. The van der Waals surface area contributed by atoms with E-state index in [0.29, 0.717) is 0 Å². The van der Waals surface area contributed by atoms with Gasteiger partial charge in [-0.25, -0.2) is 0 Å². The van der Waals surface area contributed by atoms with Gasteiger partial charge >= 0.3 is 0 Å². The lowest BCUT2D eigenvalue weighted by molar-refractivity contribution is -0.115. The van der Waals surface area contributed by atoms with Crippen LogP contribution in [-0.4, -0.2) is 18.5 Å². The van der Waals surface area contributed by atoms with Gasteiger partial charge in [0.25, 0.3) is 0 Å². The summed E-state index contributed by atoms with van der Waals surface area (Å²) in [6.07, 6.45) is 2.43. The van der Waals surface area contributed by atoms with Gasteiger partial charge in [-0.1, -0.05) is 12.1 Å². The van der Waals surface area contributed by atoms with Crippen LogP contribution in [0.1, 0.15) is 18.2 Å². The van der Waals surface area contributed by atoms with E-state index in [-0.39, 0.29) is 18.5 Å². The van der Waals surface area contributed by atoms with Crippen LogP contribution in [0, 0.1) is 6.92 Å². The summed E-state index contributed by atoms with van der Waals surface area (Å²) in [6.45, 7) is 4.32. The van der Waals surface area contributed by atoms with Crippen LogP contribution >= 0.6 is 0 Å². The number of hydrogen-bond acceptors (Lipinski definition) is 3. The molecule has 20 heavy (non-hydrogen) atoms. The molecular formula is C16H20N2O2. The van der Waals surface area contributed by atoms with E-state index in [1.165, 1.54) is 0 Å². The quantitative estimate of drug-likeness (QED) is 0.850. The molecule has 1 amide bonds. The number of carbonyl (C=O) groups is 1. The highest BCUT2D eigenvalue weighted by atomic mass is 16.3. The van der Waals surface area contributed by atoms with Gasteiger partial charge in [-0.3, -0.25) is 4.79 Å². The number of anilines is 1. The molecule has 2 rings (SSSR count). The number of aryl methyl sites for hydroxylation is 1. The van der Waals surface area contributed by atoms with Crippen molar-refractivity contribution in [3.05, 3.63) is 54.0 Å². The molecule has 106 valence electrons. The van der Waals surface area contributed by atoms with Crippen molar-refractivity contribution in [1.82, 2.24) is 5.32 Å². The van der Waals surface area contributed by atoms with E-state index in [1.54, 1.807) is 6.26 Å². The van der Waals surface area contributed by atoms with Gasteiger partial charge < -0.3 is 15.1 Å². The molecule has 4 nitrogen and oxygen atoms in total. The molecular weight excluding hydrogens is 252 g/mol. The van der Waals surface area contributed by atoms with Crippen molar-refractivity contribution >= 4 is 11.6 Å². The van der Waals surface area contributed by atoms with Crippen LogP contribution in [-0.2, 0) is 11.2 Å². The average molecular weight is 272 g/mol. The zero-order valence-corrected chi connectivity index (χ0v) is 11.8. The van der Waals surface area contributed by atoms with Crippen LogP contribution in [0.4, 0.5) is 5.69 Å². The third kappa shape index (κ3) is 4.55. The minimum atomic E-state index is -0.0399. The molecule has 1 aromatic carbocycles. The van der Waals surface area contributed by atoms with Crippen molar-refractivity contribution in [2.45, 2.75) is 26.3 Å². The fourth-order valence-electron chi connectivity index (χ4n) is 2.00. The highest BCUT2D eigenvalue weighted by Gasteiger charge is 2.08. The maximum absolute atomic E-state index is 11.8. The summed E-state index contributed by atoms with van der Waals surface area (Å²) < 4.78 is 5.28. The second-order valence-corrected chi connectivity index (χ2v) is 4.98. The summed E-state index contributed by atoms with van der Waals surface area (Å²) >= 11 is 0. The van der Waals surface area contributed by atoms with Crippen LogP contribution in [0.5, 0.6) is 0 Å². The van der Waals surface area contributed by atoms with Gasteiger partial charge in [0, 0.05) is 18.2 Å². The zero-order valence-electron chi connectivity index (χ0n) is 11.8. The highest BCUT2D eigenvalue weighted by molar-refractivity contribution is 5.92. The molecule has 0 aliphatic rings. The lowest BCUT2D eigenvalue weighted by Crippen LogP contribution is -2.35. The lowest BCUT2D eigenvalue weighted by atomic mass is 10.2. The average Bonchev–Trinajstić information content (AvgIpc) is 2.89. The topological polar surface area (TPSA) is 54.3 Å². The number of nitrogens with one attached hydrogen (secondary N) is 2. The van der Waals surface area contributed by atoms with Gasteiger partial charge in [0.15, 0.2) is 0 Å². The summed E-state index contributed by atoms with van der Waals surface area (Å²) in [6, 6.07) is 11.8. The van der Waals surface area contributed by atoms with Crippen LogP contribution in [0.3, 0.4) is 0 Å². The molecule has 2 N–H and O–H groups in total. The van der Waals surface area contributed by atoms with E-state index in [2.05, 4.69) is 10.6 Å². The molecule has 1 aromatic heterocycles. The second kappa shape index (κ2) is 6.91. The summed E-state index contributed by atoms with van der Waals surface area (Å²) in [4.78, 5) is 11.8.